The summed E-state index contributed by atoms with van der Waals surface area (Å²) in [6.07, 6.45) is 3.53. The van der Waals surface area contributed by atoms with Crippen LogP contribution in [0.15, 0.2) is 41.5 Å². The van der Waals surface area contributed by atoms with Gasteiger partial charge in [0.25, 0.3) is 0 Å². The van der Waals surface area contributed by atoms with Gasteiger partial charge in [-0.2, -0.15) is 0 Å². The molecule has 15 heavy (non-hydrogen) atoms. The van der Waals surface area contributed by atoms with Gasteiger partial charge in [0.2, 0.25) is 0 Å². The maximum Gasteiger partial charge on any atom is 0.141 e. The quantitative estimate of drug-likeness (QED) is 0.719. The number of phenolic OH excluding ortho intramolecular Hbond substituents is 1. The third-order valence-electron chi connectivity index (χ3n) is 2.17. The summed E-state index contributed by atoms with van der Waals surface area (Å²) in [4.78, 5) is 7.26. The fourth-order valence-electron chi connectivity index (χ4n) is 1.37. The minimum Gasteiger partial charge on any atom is -0.506 e. The Hall–Kier alpha value is -2.03. The molecule has 0 fully saturated rings. The number of aromatic nitrogens is 1. The molecule has 2 rings (SSSR count). The molecule has 76 valence electrons. The van der Waals surface area contributed by atoms with Crippen molar-refractivity contribution in [1.29, 1.82) is 0 Å². The molecule has 0 atom stereocenters. The average molecular weight is 200 g/mol. The number of aromatic hydroxyl groups is 1. The summed E-state index contributed by atoms with van der Waals surface area (Å²) < 4.78 is 0. The van der Waals surface area contributed by atoms with E-state index in [-0.39, 0.29) is 5.75 Å². The molecule has 3 heteroatoms. The first kappa shape index (κ1) is 9.52. The second-order valence-corrected chi connectivity index (χ2v) is 3.33. The van der Waals surface area contributed by atoms with Crippen molar-refractivity contribution < 1.29 is 5.11 Å². The van der Waals surface area contributed by atoms with Crippen LogP contribution >= 0.6 is 0 Å². The van der Waals surface area contributed by atoms with E-state index >= 15 is 0 Å². The lowest BCUT2D eigenvalue weighted by Crippen LogP contribution is -1.80. The van der Waals surface area contributed by atoms with Crippen LogP contribution in [0, 0.1) is 6.92 Å². The molecule has 0 aliphatic heterocycles. The van der Waals surface area contributed by atoms with Crippen molar-refractivity contribution in [2.75, 3.05) is 0 Å². The van der Waals surface area contributed by atoms with E-state index in [1.165, 1.54) is 0 Å². The van der Waals surface area contributed by atoms with E-state index in [4.69, 9.17) is 0 Å². The molecule has 0 saturated heterocycles. The van der Waals surface area contributed by atoms with E-state index in [0.29, 0.717) is 5.69 Å². The standard InChI is InChI=1S/C12H12N2O/c1-9-4-2-6-11(15)12(9)14-8-10-5-3-7-13-10/h2-8,13,15H,1H3/b14-8+. The highest BCUT2D eigenvalue weighted by Gasteiger charge is 2.00. The van der Waals surface area contributed by atoms with E-state index in [1.54, 1.807) is 18.3 Å². The van der Waals surface area contributed by atoms with Gasteiger partial charge in [-0.05, 0) is 30.7 Å². The van der Waals surface area contributed by atoms with Crippen molar-refractivity contribution >= 4 is 11.9 Å². The minimum absolute atomic E-state index is 0.206. The molecule has 1 heterocycles. The van der Waals surface area contributed by atoms with E-state index in [0.717, 1.165) is 11.3 Å². The smallest absolute Gasteiger partial charge is 0.141 e. The molecule has 0 aliphatic carbocycles. The minimum atomic E-state index is 0.206. The molecule has 2 aromatic rings. The van der Waals surface area contributed by atoms with Crippen LogP contribution in [0.25, 0.3) is 0 Å². The lowest BCUT2D eigenvalue weighted by atomic mass is 10.2. The topological polar surface area (TPSA) is 48.4 Å². The predicted octanol–water partition coefficient (Wildman–Crippen LogP) is 2.78. The summed E-state index contributed by atoms with van der Waals surface area (Å²) in [5, 5.41) is 9.60. The molecule has 0 unspecified atom stereocenters. The van der Waals surface area contributed by atoms with Crippen LogP contribution in [0.1, 0.15) is 11.3 Å². The van der Waals surface area contributed by atoms with Gasteiger partial charge < -0.3 is 10.1 Å². The van der Waals surface area contributed by atoms with Crippen molar-refractivity contribution in [3.63, 3.8) is 0 Å². The summed E-state index contributed by atoms with van der Waals surface area (Å²) in [6.45, 7) is 1.92. The van der Waals surface area contributed by atoms with Crippen molar-refractivity contribution in [3.05, 3.63) is 47.8 Å². The number of aromatic amines is 1. The van der Waals surface area contributed by atoms with Gasteiger partial charge in [0.15, 0.2) is 0 Å². The Morgan fingerprint density at radius 3 is 2.80 bits per heavy atom. The second-order valence-electron chi connectivity index (χ2n) is 3.33. The predicted molar refractivity (Wildman–Crippen MR) is 60.9 cm³/mol. The largest absolute Gasteiger partial charge is 0.506 e. The van der Waals surface area contributed by atoms with Crippen molar-refractivity contribution in [1.82, 2.24) is 4.98 Å². The van der Waals surface area contributed by atoms with Gasteiger partial charge in [-0.25, -0.2) is 0 Å². The Morgan fingerprint density at radius 1 is 1.27 bits per heavy atom. The number of nitrogens with zero attached hydrogens (tertiary/aromatic N) is 1. The van der Waals surface area contributed by atoms with Gasteiger partial charge in [-0.3, -0.25) is 4.99 Å². The summed E-state index contributed by atoms with van der Waals surface area (Å²) in [5.41, 5.74) is 2.49. The zero-order valence-corrected chi connectivity index (χ0v) is 8.44. The van der Waals surface area contributed by atoms with Crippen molar-refractivity contribution in [3.8, 4) is 5.75 Å². The number of para-hydroxylation sites is 1. The average Bonchev–Trinajstić information content (AvgIpc) is 2.70. The molecule has 0 spiro atoms. The Bertz CT molecular complexity index is 452. The number of rotatable bonds is 2. The third kappa shape index (κ3) is 2.07. The summed E-state index contributed by atoms with van der Waals surface area (Å²) >= 11 is 0. The van der Waals surface area contributed by atoms with Gasteiger partial charge in [-0.1, -0.05) is 12.1 Å². The molecule has 0 amide bonds. The monoisotopic (exact) mass is 200 g/mol. The van der Waals surface area contributed by atoms with Crippen molar-refractivity contribution in [2.24, 2.45) is 4.99 Å². The van der Waals surface area contributed by atoms with E-state index in [2.05, 4.69) is 9.98 Å². The maximum atomic E-state index is 9.60. The van der Waals surface area contributed by atoms with Crippen LogP contribution in [-0.4, -0.2) is 16.3 Å². The van der Waals surface area contributed by atoms with Crippen LogP contribution in [-0.2, 0) is 0 Å². The van der Waals surface area contributed by atoms with Crippen LogP contribution < -0.4 is 0 Å². The zero-order chi connectivity index (χ0) is 10.7. The fourth-order valence-corrected chi connectivity index (χ4v) is 1.37. The number of phenols is 1. The van der Waals surface area contributed by atoms with Crippen LogP contribution in [0.5, 0.6) is 5.75 Å². The molecular formula is C12H12N2O. The lowest BCUT2D eigenvalue weighted by Gasteiger charge is -2.01. The summed E-state index contributed by atoms with van der Waals surface area (Å²) in [5.74, 6) is 0.206. The Balaban J connectivity index is 2.32. The zero-order valence-electron chi connectivity index (χ0n) is 8.44. The number of benzene rings is 1. The van der Waals surface area contributed by atoms with E-state index in [9.17, 15) is 5.11 Å². The molecular weight excluding hydrogens is 188 g/mol. The van der Waals surface area contributed by atoms with Gasteiger partial charge in [-0.15, -0.1) is 0 Å². The third-order valence-corrected chi connectivity index (χ3v) is 2.17. The van der Waals surface area contributed by atoms with Crippen molar-refractivity contribution in [2.45, 2.75) is 6.92 Å². The van der Waals surface area contributed by atoms with Gasteiger partial charge in [0.1, 0.15) is 11.4 Å². The number of hydrogen-bond donors (Lipinski definition) is 2. The Morgan fingerprint density at radius 2 is 2.13 bits per heavy atom. The highest BCUT2D eigenvalue weighted by Crippen LogP contribution is 2.29. The van der Waals surface area contributed by atoms with Crippen LogP contribution in [0.3, 0.4) is 0 Å². The first-order valence-corrected chi connectivity index (χ1v) is 4.73. The molecule has 1 aromatic heterocycles. The summed E-state index contributed by atoms with van der Waals surface area (Å²) in [6, 6.07) is 9.17. The van der Waals surface area contributed by atoms with Crippen LogP contribution in [0.2, 0.25) is 0 Å². The number of aryl methyl sites for hydroxylation is 1. The SMILES string of the molecule is Cc1cccc(O)c1/N=C/c1ccc[nH]1. The van der Waals surface area contributed by atoms with Gasteiger partial charge in [0, 0.05) is 6.20 Å². The van der Waals surface area contributed by atoms with E-state index < -0.39 is 0 Å². The molecule has 0 radical (unpaired) electrons. The number of H-pyrrole nitrogens is 1. The second kappa shape index (κ2) is 4.00. The van der Waals surface area contributed by atoms with Gasteiger partial charge >= 0.3 is 0 Å². The molecule has 2 N–H and O–H groups in total. The number of hydrogen-bond acceptors (Lipinski definition) is 2. The fraction of sp³-hybridized carbons (Fsp3) is 0.0833. The van der Waals surface area contributed by atoms with E-state index in [1.807, 2.05) is 31.3 Å². The highest BCUT2D eigenvalue weighted by atomic mass is 16.3. The van der Waals surface area contributed by atoms with Gasteiger partial charge in [0.05, 0.1) is 11.9 Å². The normalized spacial score (nSPS) is 11.0. The highest BCUT2D eigenvalue weighted by molar-refractivity contribution is 5.81. The first-order chi connectivity index (χ1) is 7.27. The Kier molecular flexibility index (Phi) is 2.54. The summed E-state index contributed by atoms with van der Waals surface area (Å²) in [7, 11) is 0. The van der Waals surface area contributed by atoms with Crippen LogP contribution in [0.4, 0.5) is 5.69 Å². The molecule has 0 saturated carbocycles. The number of aliphatic imine (C=N–C) groups is 1. The first-order valence-electron chi connectivity index (χ1n) is 4.73. The molecule has 0 aliphatic rings. The lowest BCUT2D eigenvalue weighted by molar-refractivity contribution is 0.476. The Labute approximate surface area is 88.1 Å². The molecule has 3 nitrogen and oxygen atoms in total. The molecule has 0 bridgehead atoms. The molecule has 1 aromatic carbocycles. The number of nitrogens with one attached hydrogen (secondary N) is 1. The maximum absolute atomic E-state index is 9.60.